The lowest BCUT2D eigenvalue weighted by atomic mass is 10.2. The van der Waals surface area contributed by atoms with Crippen LogP contribution in [0.15, 0.2) is 34.2 Å². The lowest BCUT2D eigenvalue weighted by molar-refractivity contribution is -0.127. The zero-order chi connectivity index (χ0) is 23.6. The van der Waals surface area contributed by atoms with Crippen molar-refractivity contribution >= 4 is 21.8 Å². The number of hydrogen-bond acceptors (Lipinski definition) is 4. The van der Waals surface area contributed by atoms with Gasteiger partial charge in [0.2, 0.25) is 21.8 Å². The van der Waals surface area contributed by atoms with Gasteiger partial charge < -0.3 is 10.2 Å². The highest BCUT2D eigenvalue weighted by Crippen LogP contribution is 2.29. The van der Waals surface area contributed by atoms with Gasteiger partial charge in [0, 0.05) is 20.1 Å². The maximum Gasteiger partial charge on any atom is 0.449 e. The van der Waals surface area contributed by atoms with Gasteiger partial charge in [0.15, 0.2) is 0 Å². The molecule has 1 N–H and O–H groups in total. The Morgan fingerprint density at radius 1 is 1.32 bits per heavy atom. The van der Waals surface area contributed by atoms with Crippen molar-refractivity contribution in [3.63, 3.8) is 0 Å². The molecule has 3 atom stereocenters. The van der Waals surface area contributed by atoms with E-state index in [1.807, 2.05) is 0 Å². The van der Waals surface area contributed by atoms with Gasteiger partial charge in [0.25, 0.3) is 0 Å². The minimum atomic E-state index is -4.78. The van der Waals surface area contributed by atoms with Gasteiger partial charge in [-0.25, -0.2) is 17.2 Å². The number of carbonyl (C=O) groups is 1. The highest BCUT2D eigenvalue weighted by molar-refractivity contribution is 7.89. The standard InChI is InChI=1S/C18H23F5N4O3S/c1-4-24-17(18(21,22)23)26(3)11(2)25-16(28)15-14(20)9-10-27(15)31(29,30)13-7-5-12(19)6-8-13/h5-8,11,14-15H,4,9-10H2,1-3H3,(H,25,28)/t11?,14-,15-/m0/s1. The molecular weight excluding hydrogens is 447 g/mol. The van der Waals surface area contributed by atoms with Gasteiger partial charge in [-0.15, -0.1) is 0 Å². The minimum Gasteiger partial charge on any atom is -0.336 e. The molecule has 174 valence electrons. The van der Waals surface area contributed by atoms with E-state index in [1.165, 1.54) is 13.8 Å². The van der Waals surface area contributed by atoms with Crippen LogP contribution in [0.1, 0.15) is 20.3 Å². The Kier molecular flexibility index (Phi) is 7.63. The summed E-state index contributed by atoms with van der Waals surface area (Å²) in [6, 6.07) is 2.02. The molecule has 0 saturated carbocycles. The Hall–Kier alpha value is -2.28. The molecule has 1 heterocycles. The summed E-state index contributed by atoms with van der Waals surface area (Å²) >= 11 is 0. The first-order chi connectivity index (χ1) is 14.3. The summed E-state index contributed by atoms with van der Waals surface area (Å²) in [5.41, 5.74) is 0. The molecule has 1 unspecified atom stereocenters. The van der Waals surface area contributed by atoms with E-state index in [2.05, 4.69) is 10.3 Å². The maximum atomic E-state index is 14.5. The number of benzene rings is 1. The van der Waals surface area contributed by atoms with Crippen LogP contribution in [0.3, 0.4) is 0 Å². The summed E-state index contributed by atoms with van der Waals surface area (Å²) in [6.07, 6.45) is -8.17. The fraction of sp³-hybridized carbons (Fsp3) is 0.556. The Bertz CT molecular complexity index is 921. The zero-order valence-corrected chi connectivity index (χ0v) is 17.8. The summed E-state index contributed by atoms with van der Waals surface area (Å²) in [5, 5.41) is 2.23. The first-order valence-electron chi connectivity index (χ1n) is 9.37. The molecule has 0 aliphatic carbocycles. The molecule has 13 heteroatoms. The molecule has 1 saturated heterocycles. The molecule has 1 aromatic rings. The van der Waals surface area contributed by atoms with E-state index in [1.54, 1.807) is 0 Å². The van der Waals surface area contributed by atoms with Crippen LogP contribution in [0, 0.1) is 5.82 Å². The third kappa shape index (κ3) is 5.50. The average molecular weight is 470 g/mol. The third-order valence-electron chi connectivity index (χ3n) is 4.79. The number of hydrogen-bond donors (Lipinski definition) is 1. The quantitative estimate of drug-likeness (QED) is 0.300. The smallest absolute Gasteiger partial charge is 0.336 e. The average Bonchev–Trinajstić information content (AvgIpc) is 3.07. The topological polar surface area (TPSA) is 82.1 Å². The van der Waals surface area contributed by atoms with Crippen LogP contribution in [0.5, 0.6) is 0 Å². The van der Waals surface area contributed by atoms with Crippen LogP contribution in [0.2, 0.25) is 0 Å². The van der Waals surface area contributed by atoms with Crippen molar-refractivity contribution in [2.45, 2.75) is 49.7 Å². The van der Waals surface area contributed by atoms with Gasteiger partial charge >= 0.3 is 6.18 Å². The lowest BCUT2D eigenvalue weighted by Crippen LogP contribution is -2.56. The van der Waals surface area contributed by atoms with E-state index in [0.717, 1.165) is 31.3 Å². The zero-order valence-electron chi connectivity index (χ0n) is 17.0. The number of amides is 1. The van der Waals surface area contributed by atoms with Crippen LogP contribution in [-0.2, 0) is 14.8 Å². The van der Waals surface area contributed by atoms with Crippen molar-refractivity contribution in [1.82, 2.24) is 14.5 Å². The highest BCUT2D eigenvalue weighted by atomic mass is 32.2. The molecule has 1 aliphatic rings. The van der Waals surface area contributed by atoms with Crippen molar-refractivity contribution < 1.29 is 35.2 Å². The summed E-state index contributed by atoms with van der Waals surface area (Å²) < 4.78 is 93.5. The maximum absolute atomic E-state index is 14.5. The number of rotatable bonds is 6. The monoisotopic (exact) mass is 470 g/mol. The summed E-state index contributed by atoms with van der Waals surface area (Å²) in [5.74, 6) is -3.00. The number of nitrogens with one attached hydrogen (secondary N) is 1. The molecule has 0 spiro atoms. The predicted octanol–water partition coefficient (Wildman–Crippen LogP) is 2.30. The molecule has 0 bridgehead atoms. The molecular formula is C18H23F5N4O3S. The number of carbonyl (C=O) groups excluding carboxylic acids is 1. The van der Waals surface area contributed by atoms with E-state index in [9.17, 15) is 35.2 Å². The second-order valence-electron chi connectivity index (χ2n) is 6.91. The fourth-order valence-electron chi connectivity index (χ4n) is 3.16. The highest BCUT2D eigenvalue weighted by Gasteiger charge is 2.47. The normalized spacial score (nSPS) is 21.7. The van der Waals surface area contributed by atoms with Gasteiger partial charge in [-0.05, 0) is 44.5 Å². The van der Waals surface area contributed by atoms with Gasteiger partial charge in [-0.3, -0.25) is 9.79 Å². The SMILES string of the molecule is CCN=C(N(C)C(C)NC(=O)[C@@H]1[C@@H](F)CCN1S(=O)(=O)c1ccc(F)cc1)C(F)(F)F. The summed E-state index contributed by atoms with van der Waals surface area (Å²) in [7, 11) is -3.28. The van der Waals surface area contributed by atoms with Gasteiger partial charge in [-0.1, -0.05) is 0 Å². The molecule has 2 rings (SSSR count). The van der Waals surface area contributed by atoms with Crippen molar-refractivity contribution in [3.05, 3.63) is 30.1 Å². The molecule has 1 fully saturated rings. The lowest BCUT2D eigenvalue weighted by Gasteiger charge is -2.32. The van der Waals surface area contributed by atoms with Crippen molar-refractivity contribution in [2.75, 3.05) is 20.1 Å². The third-order valence-corrected chi connectivity index (χ3v) is 6.69. The van der Waals surface area contributed by atoms with E-state index < -0.39 is 52.1 Å². The Labute approximate surface area is 177 Å². The van der Waals surface area contributed by atoms with Crippen LogP contribution in [-0.4, -0.2) is 74.1 Å². The first-order valence-corrected chi connectivity index (χ1v) is 10.8. The van der Waals surface area contributed by atoms with Crippen molar-refractivity contribution in [3.8, 4) is 0 Å². The first kappa shape index (κ1) is 25.0. The van der Waals surface area contributed by atoms with Crippen LogP contribution >= 0.6 is 0 Å². The van der Waals surface area contributed by atoms with Crippen LogP contribution < -0.4 is 5.32 Å². The van der Waals surface area contributed by atoms with E-state index in [4.69, 9.17) is 0 Å². The second kappa shape index (κ2) is 9.47. The summed E-state index contributed by atoms with van der Waals surface area (Å²) in [4.78, 5) is 16.4. The second-order valence-corrected chi connectivity index (χ2v) is 8.80. The molecule has 0 aromatic heterocycles. The Morgan fingerprint density at radius 3 is 2.42 bits per heavy atom. The van der Waals surface area contributed by atoms with Crippen molar-refractivity contribution in [1.29, 1.82) is 0 Å². The molecule has 31 heavy (non-hydrogen) atoms. The molecule has 7 nitrogen and oxygen atoms in total. The van der Waals surface area contributed by atoms with E-state index >= 15 is 0 Å². The number of nitrogens with zero attached hydrogens (tertiary/aromatic N) is 3. The number of sulfonamides is 1. The molecule has 0 radical (unpaired) electrons. The number of aliphatic imine (C=N–C) groups is 1. The largest absolute Gasteiger partial charge is 0.449 e. The van der Waals surface area contributed by atoms with Crippen LogP contribution in [0.25, 0.3) is 0 Å². The molecule has 1 amide bonds. The number of halogens is 5. The minimum absolute atomic E-state index is 0.154. The van der Waals surface area contributed by atoms with Crippen molar-refractivity contribution in [2.24, 2.45) is 4.99 Å². The summed E-state index contributed by atoms with van der Waals surface area (Å²) in [6.45, 7) is 2.18. The Morgan fingerprint density at radius 2 is 1.90 bits per heavy atom. The van der Waals surface area contributed by atoms with Gasteiger partial charge in [0.05, 0.1) is 11.1 Å². The Balaban J connectivity index is 2.24. The van der Waals surface area contributed by atoms with Gasteiger partial charge in [-0.2, -0.15) is 17.5 Å². The molecule has 1 aliphatic heterocycles. The number of alkyl halides is 4. The van der Waals surface area contributed by atoms with E-state index in [-0.39, 0.29) is 24.4 Å². The van der Waals surface area contributed by atoms with E-state index in [0.29, 0.717) is 9.21 Å². The van der Waals surface area contributed by atoms with Gasteiger partial charge in [0.1, 0.15) is 18.0 Å². The predicted molar refractivity (Wildman–Crippen MR) is 103 cm³/mol. The fourth-order valence-corrected chi connectivity index (χ4v) is 4.78. The van der Waals surface area contributed by atoms with Crippen LogP contribution in [0.4, 0.5) is 22.0 Å². The number of amidine groups is 1. The molecule has 1 aromatic carbocycles.